The van der Waals surface area contributed by atoms with Crippen LogP contribution in [0, 0.1) is 0 Å². The molecule has 0 spiro atoms. The standard InChI is InChI=1S/C34H70S/c1-5-9-13-17-19-23-27-31-33(29-25-21-15-11-7-3)35-34(30-26-22-16-12-8-4)32-28-24-20-18-14-10-6-2/h33-34H,5-32H2,1-4H3. The van der Waals surface area contributed by atoms with Crippen molar-refractivity contribution in [2.24, 2.45) is 0 Å². The Balaban J connectivity index is 4.54. The largest absolute Gasteiger partial charge is 0.155 e. The molecule has 0 radical (unpaired) electrons. The summed E-state index contributed by atoms with van der Waals surface area (Å²) in [5.41, 5.74) is 0. The van der Waals surface area contributed by atoms with E-state index in [9.17, 15) is 0 Å². The van der Waals surface area contributed by atoms with Crippen LogP contribution >= 0.6 is 11.8 Å². The molecule has 0 saturated heterocycles. The second-order valence-corrected chi connectivity index (χ2v) is 13.2. The highest BCUT2D eigenvalue weighted by Crippen LogP contribution is 2.33. The summed E-state index contributed by atoms with van der Waals surface area (Å²) < 4.78 is 0. The third kappa shape index (κ3) is 27.2. The predicted molar refractivity (Wildman–Crippen MR) is 167 cm³/mol. The zero-order chi connectivity index (χ0) is 25.7. The highest BCUT2D eigenvalue weighted by Gasteiger charge is 2.17. The Hall–Kier alpha value is 0.350. The van der Waals surface area contributed by atoms with E-state index in [1.165, 1.54) is 180 Å². The van der Waals surface area contributed by atoms with Gasteiger partial charge in [-0.15, -0.1) is 0 Å². The second kappa shape index (κ2) is 30.6. The summed E-state index contributed by atoms with van der Waals surface area (Å²) in [6, 6.07) is 0. The Labute approximate surface area is 229 Å². The first-order valence-electron chi connectivity index (χ1n) is 16.9. The van der Waals surface area contributed by atoms with Gasteiger partial charge in [0.15, 0.2) is 0 Å². The van der Waals surface area contributed by atoms with Crippen molar-refractivity contribution in [3.05, 3.63) is 0 Å². The third-order valence-electron chi connectivity index (χ3n) is 7.90. The fourth-order valence-corrected chi connectivity index (χ4v) is 7.20. The first-order chi connectivity index (χ1) is 17.3. The minimum Gasteiger partial charge on any atom is -0.155 e. The first kappa shape index (κ1) is 35.4. The van der Waals surface area contributed by atoms with E-state index in [2.05, 4.69) is 39.5 Å². The third-order valence-corrected chi connectivity index (χ3v) is 9.62. The molecule has 0 bridgehead atoms. The molecule has 2 unspecified atom stereocenters. The van der Waals surface area contributed by atoms with Crippen LogP contribution in [0.2, 0.25) is 0 Å². The van der Waals surface area contributed by atoms with Crippen LogP contribution in [0.15, 0.2) is 0 Å². The van der Waals surface area contributed by atoms with Gasteiger partial charge in [-0.3, -0.25) is 0 Å². The van der Waals surface area contributed by atoms with Crippen LogP contribution in [0.3, 0.4) is 0 Å². The fourth-order valence-electron chi connectivity index (χ4n) is 5.44. The lowest BCUT2D eigenvalue weighted by Crippen LogP contribution is -2.12. The number of hydrogen-bond donors (Lipinski definition) is 0. The number of thioether (sulfide) groups is 1. The summed E-state index contributed by atoms with van der Waals surface area (Å²) in [5, 5.41) is 1.88. The number of hydrogen-bond acceptors (Lipinski definition) is 1. The van der Waals surface area contributed by atoms with Gasteiger partial charge in [-0.05, 0) is 25.7 Å². The molecule has 0 aliphatic carbocycles. The molecule has 0 nitrogen and oxygen atoms in total. The van der Waals surface area contributed by atoms with Gasteiger partial charge in [0, 0.05) is 10.5 Å². The van der Waals surface area contributed by atoms with E-state index < -0.39 is 0 Å². The van der Waals surface area contributed by atoms with E-state index in [-0.39, 0.29) is 0 Å². The average Bonchev–Trinajstić information content (AvgIpc) is 2.86. The normalized spacial score (nSPS) is 13.4. The quantitative estimate of drug-likeness (QED) is 0.0865. The molecule has 0 aliphatic heterocycles. The summed E-state index contributed by atoms with van der Waals surface area (Å²) in [4.78, 5) is 0. The van der Waals surface area contributed by atoms with Crippen molar-refractivity contribution < 1.29 is 0 Å². The van der Waals surface area contributed by atoms with Crippen LogP contribution in [-0.4, -0.2) is 10.5 Å². The van der Waals surface area contributed by atoms with Gasteiger partial charge < -0.3 is 0 Å². The smallest absolute Gasteiger partial charge is 0.00498 e. The summed E-state index contributed by atoms with van der Waals surface area (Å²) in [6.07, 6.45) is 40.8. The lowest BCUT2D eigenvalue weighted by molar-refractivity contribution is 0.528. The molecule has 0 N–H and O–H groups in total. The van der Waals surface area contributed by atoms with Gasteiger partial charge in [-0.25, -0.2) is 0 Å². The first-order valence-corrected chi connectivity index (χ1v) is 17.9. The SMILES string of the molecule is CCCCCCCCCC(CCCCCCC)SC(CCCCCCC)CCCCCCCCC. The van der Waals surface area contributed by atoms with E-state index in [4.69, 9.17) is 0 Å². The minimum atomic E-state index is 0.942. The Bertz CT molecular complexity index is 332. The van der Waals surface area contributed by atoms with E-state index in [0.29, 0.717) is 0 Å². The van der Waals surface area contributed by atoms with Gasteiger partial charge in [0.1, 0.15) is 0 Å². The zero-order valence-electron chi connectivity index (χ0n) is 25.4. The molecule has 0 aromatic rings. The lowest BCUT2D eigenvalue weighted by atomic mass is 10.0. The highest BCUT2D eigenvalue weighted by molar-refractivity contribution is 8.00. The Morgan fingerprint density at radius 3 is 0.714 bits per heavy atom. The zero-order valence-corrected chi connectivity index (χ0v) is 26.2. The summed E-state index contributed by atoms with van der Waals surface area (Å²) in [7, 11) is 0. The topological polar surface area (TPSA) is 0 Å². The lowest BCUT2D eigenvalue weighted by Gasteiger charge is -2.24. The van der Waals surface area contributed by atoms with E-state index in [1.807, 2.05) is 0 Å². The van der Waals surface area contributed by atoms with E-state index in [1.54, 1.807) is 0 Å². The van der Waals surface area contributed by atoms with Gasteiger partial charge in [0.25, 0.3) is 0 Å². The molecule has 0 rings (SSSR count). The Morgan fingerprint density at radius 1 is 0.286 bits per heavy atom. The van der Waals surface area contributed by atoms with Crippen LogP contribution in [-0.2, 0) is 0 Å². The summed E-state index contributed by atoms with van der Waals surface area (Å²) >= 11 is 2.46. The van der Waals surface area contributed by atoms with Crippen molar-refractivity contribution in [3.8, 4) is 0 Å². The van der Waals surface area contributed by atoms with Crippen LogP contribution < -0.4 is 0 Å². The molecule has 0 aliphatic rings. The minimum absolute atomic E-state index is 0.942. The molecule has 35 heavy (non-hydrogen) atoms. The predicted octanol–water partition coefficient (Wildman–Crippen LogP) is 13.5. The van der Waals surface area contributed by atoms with Crippen LogP contribution in [0.1, 0.15) is 207 Å². The molecule has 0 aromatic carbocycles. The maximum atomic E-state index is 2.46. The maximum absolute atomic E-state index is 2.46. The van der Waals surface area contributed by atoms with Crippen molar-refractivity contribution >= 4 is 11.8 Å². The van der Waals surface area contributed by atoms with Crippen LogP contribution in [0.5, 0.6) is 0 Å². The fraction of sp³-hybridized carbons (Fsp3) is 1.00. The average molecular weight is 511 g/mol. The van der Waals surface area contributed by atoms with Gasteiger partial charge in [-0.2, -0.15) is 11.8 Å². The van der Waals surface area contributed by atoms with Gasteiger partial charge >= 0.3 is 0 Å². The molecule has 0 fully saturated rings. The molecule has 0 amide bonds. The molecule has 1 heteroatoms. The van der Waals surface area contributed by atoms with Crippen molar-refractivity contribution in [1.29, 1.82) is 0 Å². The molecule has 0 aromatic heterocycles. The second-order valence-electron chi connectivity index (χ2n) is 11.6. The van der Waals surface area contributed by atoms with Gasteiger partial charge in [-0.1, -0.05) is 182 Å². The maximum Gasteiger partial charge on any atom is 0.00498 e. The van der Waals surface area contributed by atoms with Gasteiger partial charge in [0.05, 0.1) is 0 Å². The molecule has 212 valence electrons. The molecule has 0 heterocycles. The summed E-state index contributed by atoms with van der Waals surface area (Å²) in [6.45, 7) is 9.34. The molecular weight excluding hydrogens is 440 g/mol. The van der Waals surface area contributed by atoms with Crippen molar-refractivity contribution in [2.45, 2.75) is 218 Å². The number of unbranched alkanes of at least 4 members (excludes halogenated alkanes) is 20. The summed E-state index contributed by atoms with van der Waals surface area (Å²) in [5.74, 6) is 0. The van der Waals surface area contributed by atoms with Crippen molar-refractivity contribution in [3.63, 3.8) is 0 Å². The van der Waals surface area contributed by atoms with Crippen LogP contribution in [0.4, 0.5) is 0 Å². The molecule has 0 saturated carbocycles. The molecular formula is C34H70S. The van der Waals surface area contributed by atoms with Crippen molar-refractivity contribution in [2.75, 3.05) is 0 Å². The van der Waals surface area contributed by atoms with Crippen molar-refractivity contribution in [1.82, 2.24) is 0 Å². The monoisotopic (exact) mass is 511 g/mol. The van der Waals surface area contributed by atoms with Crippen LogP contribution in [0.25, 0.3) is 0 Å². The number of rotatable bonds is 30. The molecule has 2 atom stereocenters. The van der Waals surface area contributed by atoms with Gasteiger partial charge in [0.2, 0.25) is 0 Å². The van der Waals surface area contributed by atoms with E-state index >= 15 is 0 Å². The Kier molecular flexibility index (Phi) is 30.9. The van der Waals surface area contributed by atoms with E-state index in [0.717, 1.165) is 10.5 Å². The Morgan fingerprint density at radius 2 is 0.486 bits per heavy atom. The highest BCUT2D eigenvalue weighted by atomic mass is 32.2.